The summed E-state index contributed by atoms with van der Waals surface area (Å²) in [5.74, 6) is 0.00610. The van der Waals surface area contributed by atoms with Gasteiger partial charge < -0.3 is 24.6 Å². The normalized spacial score (nSPS) is 17.4. The number of amides is 1. The van der Waals surface area contributed by atoms with E-state index in [1.54, 1.807) is 42.3 Å². The molecular formula is C22H26N2O6. The Morgan fingerprint density at radius 3 is 3.00 bits per heavy atom. The van der Waals surface area contributed by atoms with E-state index in [1.165, 1.54) is 6.07 Å². The summed E-state index contributed by atoms with van der Waals surface area (Å²) in [5.41, 5.74) is 1.14. The van der Waals surface area contributed by atoms with Crippen LogP contribution in [0.15, 0.2) is 36.5 Å². The lowest BCUT2D eigenvalue weighted by molar-refractivity contribution is -0.00753. The number of aromatic hydroxyl groups is 1. The molecule has 2 aromatic rings. The number of pyridine rings is 1. The second kappa shape index (κ2) is 10.2. The first kappa shape index (κ1) is 21.7. The second-order valence-electron chi connectivity index (χ2n) is 7.22. The van der Waals surface area contributed by atoms with Crippen LogP contribution in [-0.2, 0) is 11.2 Å². The Morgan fingerprint density at radius 1 is 1.40 bits per heavy atom. The van der Waals surface area contributed by atoms with Crippen LogP contribution in [0.3, 0.4) is 0 Å². The van der Waals surface area contributed by atoms with Crippen molar-refractivity contribution < 1.29 is 29.3 Å². The fourth-order valence-electron chi connectivity index (χ4n) is 3.47. The Morgan fingerprint density at radius 2 is 2.23 bits per heavy atom. The standard InChI is InChI=1S/C22H26N2O6/c1-15(26)12-19-17(4-3-8-23-19)22(28)24-9-11-29-14-16(24)7-10-30-21-6-2-5-20(27)18(21)13-25/h2-6,8,13,15-16,26-27H,7,9-12,14H2,1H3/t15-,16+/m0/s1. The van der Waals surface area contributed by atoms with Gasteiger partial charge in [-0.1, -0.05) is 6.07 Å². The van der Waals surface area contributed by atoms with Crippen LogP contribution < -0.4 is 4.74 Å². The van der Waals surface area contributed by atoms with Gasteiger partial charge in [0.25, 0.3) is 5.91 Å². The van der Waals surface area contributed by atoms with Gasteiger partial charge in [-0.25, -0.2) is 0 Å². The summed E-state index contributed by atoms with van der Waals surface area (Å²) in [7, 11) is 0. The molecule has 2 atom stereocenters. The molecule has 1 aliphatic heterocycles. The number of aliphatic hydroxyl groups excluding tert-OH is 1. The lowest BCUT2D eigenvalue weighted by Gasteiger charge is -2.36. The van der Waals surface area contributed by atoms with Crippen molar-refractivity contribution in [2.45, 2.75) is 31.9 Å². The van der Waals surface area contributed by atoms with Crippen LogP contribution in [0.1, 0.15) is 39.8 Å². The van der Waals surface area contributed by atoms with Gasteiger partial charge in [0, 0.05) is 25.6 Å². The first-order chi connectivity index (χ1) is 14.5. The SMILES string of the molecule is C[C@H](O)Cc1ncccc1C(=O)N1CCOC[C@H]1CCOc1cccc(O)c1C=O. The number of hydrogen-bond donors (Lipinski definition) is 2. The Bertz CT molecular complexity index is 886. The number of aromatic nitrogens is 1. The van der Waals surface area contributed by atoms with E-state index in [9.17, 15) is 19.8 Å². The smallest absolute Gasteiger partial charge is 0.256 e. The van der Waals surface area contributed by atoms with E-state index in [0.717, 1.165) is 0 Å². The average molecular weight is 414 g/mol. The molecule has 0 saturated carbocycles. The topological polar surface area (TPSA) is 109 Å². The lowest BCUT2D eigenvalue weighted by atomic mass is 10.0. The number of phenolic OH excluding ortho intramolecular Hbond substituents is 1. The van der Waals surface area contributed by atoms with E-state index < -0.39 is 6.10 Å². The summed E-state index contributed by atoms with van der Waals surface area (Å²) in [6, 6.07) is 7.86. The highest BCUT2D eigenvalue weighted by Gasteiger charge is 2.29. The summed E-state index contributed by atoms with van der Waals surface area (Å²) in [4.78, 5) is 30.4. The Balaban J connectivity index is 1.69. The van der Waals surface area contributed by atoms with Gasteiger partial charge in [0.1, 0.15) is 11.5 Å². The zero-order valence-electron chi connectivity index (χ0n) is 16.9. The molecule has 8 nitrogen and oxygen atoms in total. The van der Waals surface area contributed by atoms with E-state index >= 15 is 0 Å². The molecule has 0 radical (unpaired) electrons. The van der Waals surface area contributed by atoms with Crippen LogP contribution in [-0.4, -0.2) is 70.8 Å². The van der Waals surface area contributed by atoms with Crippen molar-refractivity contribution in [2.75, 3.05) is 26.4 Å². The number of ether oxygens (including phenoxy) is 2. The largest absolute Gasteiger partial charge is 0.507 e. The fraction of sp³-hybridized carbons (Fsp3) is 0.409. The van der Waals surface area contributed by atoms with Crippen LogP contribution in [0.4, 0.5) is 0 Å². The number of carbonyl (C=O) groups excluding carboxylic acids is 2. The fourth-order valence-corrected chi connectivity index (χ4v) is 3.47. The van der Waals surface area contributed by atoms with Crippen molar-refractivity contribution in [3.8, 4) is 11.5 Å². The number of aldehydes is 1. The highest BCUT2D eigenvalue weighted by Crippen LogP contribution is 2.26. The monoisotopic (exact) mass is 414 g/mol. The van der Waals surface area contributed by atoms with Gasteiger partial charge in [-0.3, -0.25) is 14.6 Å². The van der Waals surface area contributed by atoms with E-state index in [-0.39, 0.29) is 29.9 Å². The summed E-state index contributed by atoms with van der Waals surface area (Å²) in [6.07, 6.45) is 2.35. The van der Waals surface area contributed by atoms with Gasteiger partial charge in [0.15, 0.2) is 6.29 Å². The number of nitrogens with zero attached hydrogens (tertiary/aromatic N) is 2. The molecule has 0 unspecified atom stereocenters. The number of benzene rings is 1. The molecule has 30 heavy (non-hydrogen) atoms. The van der Waals surface area contributed by atoms with Crippen molar-refractivity contribution in [1.82, 2.24) is 9.88 Å². The average Bonchev–Trinajstić information content (AvgIpc) is 2.74. The number of phenols is 1. The predicted octanol–water partition coefficient (Wildman–Crippen LogP) is 1.83. The number of rotatable bonds is 8. The minimum Gasteiger partial charge on any atom is -0.507 e. The quantitative estimate of drug-likeness (QED) is 0.634. The molecule has 1 aromatic heterocycles. The third kappa shape index (κ3) is 5.14. The number of carbonyl (C=O) groups is 2. The van der Waals surface area contributed by atoms with Crippen LogP contribution in [0, 0.1) is 0 Å². The van der Waals surface area contributed by atoms with E-state index in [1.807, 2.05) is 0 Å². The molecule has 0 spiro atoms. The van der Waals surface area contributed by atoms with Crippen LogP contribution in [0.2, 0.25) is 0 Å². The molecule has 8 heteroatoms. The predicted molar refractivity (Wildman–Crippen MR) is 109 cm³/mol. The Hall–Kier alpha value is -2.97. The lowest BCUT2D eigenvalue weighted by Crippen LogP contribution is -2.49. The number of morpholine rings is 1. The van der Waals surface area contributed by atoms with Gasteiger partial charge in [-0.05, 0) is 31.2 Å². The van der Waals surface area contributed by atoms with Gasteiger partial charge >= 0.3 is 0 Å². The molecule has 1 saturated heterocycles. The summed E-state index contributed by atoms with van der Waals surface area (Å²) >= 11 is 0. The minimum absolute atomic E-state index is 0.100. The third-order valence-electron chi connectivity index (χ3n) is 4.97. The molecule has 1 aliphatic rings. The zero-order valence-corrected chi connectivity index (χ0v) is 16.9. The van der Waals surface area contributed by atoms with Gasteiger partial charge in [0.2, 0.25) is 0 Å². The molecule has 2 N–H and O–H groups in total. The number of aliphatic hydroxyl groups is 1. The van der Waals surface area contributed by atoms with Gasteiger partial charge in [0.05, 0.1) is 48.8 Å². The summed E-state index contributed by atoms with van der Waals surface area (Å²) in [5, 5.41) is 19.5. The molecule has 2 heterocycles. The van der Waals surface area contributed by atoms with Crippen molar-refractivity contribution >= 4 is 12.2 Å². The van der Waals surface area contributed by atoms with Crippen LogP contribution in [0.5, 0.6) is 11.5 Å². The van der Waals surface area contributed by atoms with E-state index in [2.05, 4.69) is 4.98 Å². The van der Waals surface area contributed by atoms with Crippen LogP contribution >= 0.6 is 0 Å². The molecule has 0 bridgehead atoms. The first-order valence-corrected chi connectivity index (χ1v) is 9.92. The van der Waals surface area contributed by atoms with Gasteiger partial charge in [-0.2, -0.15) is 0 Å². The maximum atomic E-state index is 13.2. The maximum Gasteiger partial charge on any atom is 0.256 e. The van der Waals surface area contributed by atoms with E-state index in [4.69, 9.17) is 9.47 Å². The molecular weight excluding hydrogens is 388 g/mol. The van der Waals surface area contributed by atoms with Crippen molar-refractivity contribution in [2.24, 2.45) is 0 Å². The highest BCUT2D eigenvalue weighted by molar-refractivity contribution is 5.95. The third-order valence-corrected chi connectivity index (χ3v) is 4.97. The molecule has 160 valence electrons. The highest BCUT2D eigenvalue weighted by atomic mass is 16.5. The first-order valence-electron chi connectivity index (χ1n) is 9.92. The number of hydrogen-bond acceptors (Lipinski definition) is 7. The Labute approximate surface area is 175 Å². The molecule has 3 rings (SSSR count). The van der Waals surface area contributed by atoms with E-state index in [0.29, 0.717) is 55.9 Å². The Kier molecular flexibility index (Phi) is 7.37. The minimum atomic E-state index is -0.602. The second-order valence-corrected chi connectivity index (χ2v) is 7.22. The maximum absolute atomic E-state index is 13.2. The van der Waals surface area contributed by atoms with Crippen molar-refractivity contribution in [3.05, 3.63) is 53.3 Å². The van der Waals surface area contributed by atoms with Crippen LogP contribution in [0.25, 0.3) is 0 Å². The van der Waals surface area contributed by atoms with Gasteiger partial charge in [-0.15, -0.1) is 0 Å². The summed E-state index contributed by atoms with van der Waals surface area (Å²) in [6.45, 7) is 3.17. The van der Waals surface area contributed by atoms with Crippen molar-refractivity contribution in [1.29, 1.82) is 0 Å². The summed E-state index contributed by atoms with van der Waals surface area (Å²) < 4.78 is 11.3. The van der Waals surface area contributed by atoms with Crippen molar-refractivity contribution in [3.63, 3.8) is 0 Å². The molecule has 1 fully saturated rings. The molecule has 1 aromatic carbocycles. The molecule has 1 amide bonds. The molecule has 0 aliphatic carbocycles. The zero-order chi connectivity index (χ0) is 21.5.